The van der Waals surface area contributed by atoms with Gasteiger partial charge in [0.15, 0.2) is 5.82 Å². The first-order chi connectivity index (χ1) is 8.35. The van der Waals surface area contributed by atoms with Gasteiger partial charge in [0.1, 0.15) is 0 Å². The highest BCUT2D eigenvalue weighted by Crippen LogP contribution is 2.38. The first kappa shape index (κ1) is 11.2. The van der Waals surface area contributed by atoms with Gasteiger partial charge in [0.2, 0.25) is 5.89 Å². The highest BCUT2D eigenvalue weighted by molar-refractivity contribution is 5.01. The molecule has 2 aliphatic rings. The molecule has 1 aliphatic heterocycles. The Balaban J connectivity index is 1.57. The van der Waals surface area contributed by atoms with Crippen molar-refractivity contribution < 1.29 is 4.52 Å². The van der Waals surface area contributed by atoms with Crippen LogP contribution in [-0.4, -0.2) is 34.7 Å². The van der Waals surface area contributed by atoms with E-state index < -0.39 is 0 Å². The van der Waals surface area contributed by atoms with E-state index in [1.165, 1.54) is 25.7 Å². The summed E-state index contributed by atoms with van der Waals surface area (Å²) in [6.45, 7) is 3.80. The Kier molecular flexibility index (Phi) is 3.11. The van der Waals surface area contributed by atoms with Crippen LogP contribution in [-0.2, 0) is 6.54 Å². The van der Waals surface area contributed by atoms with Gasteiger partial charge in [0.05, 0.1) is 6.54 Å². The van der Waals surface area contributed by atoms with E-state index in [1.54, 1.807) is 0 Å². The van der Waals surface area contributed by atoms with Crippen LogP contribution in [0.5, 0.6) is 0 Å². The molecule has 17 heavy (non-hydrogen) atoms. The summed E-state index contributed by atoms with van der Waals surface area (Å²) in [5, 5.41) is 4.06. The summed E-state index contributed by atoms with van der Waals surface area (Å²) >= 11 is 0. The number of rotatable bonds is 4. The van der Waals surface area contributed by atoms with Gasteiger partial charge in [-0.25, -0.2) is 0 Å². The van der Waals surface area contributed by atoms with Crippen LogP contribution in [0.1, 0.15) is 43.3 Å². The predicted octanol–water partition coefficient (Wildman–Crippen LogP) is 1.12. The lowest BCUT2D eigenvalue weighted by molar-refractivity contribution is 0.166. The molecule has 2 heterocycles. The van der Waals surface area contributed by atoms with Gasteiger partial charge in [-0.15, -0.1) is 0 Å². The molecule has 1 saturated heterocycles. The Morgan fingerprint density at radius 2 is 2.24 bits per heavy atom. The molecule has 0 bridgehead atoms. The van der Waals surface area contributed by atoms with Gasteiger partial charge in [-0.1, -0.05) is 5.16 Å². The molecule has 2 N–H and O–H groups in total. The van der Waals surface area contributed by atoms with Crippen LogP contribution in [0.2, 0.25) is 0 Å². The molecular formula is C12H20N4O. The van der Waals surface area contributed by atoms with Crippen molar-refractivity contribution in [3.63, 3.8) is 0 Å². The third-order valence-corrected chi connectivity index (χ3v) is 3.71. The normalized spacial score (nSPS) is 26.3. The molecule has 1 atom stereocenters. The summed E-state index contributed by atoms with van der Waals surface area (Å²) in [5.74, 6) is 2.87. The van der Waals surface area contributed by atoms with Crippen LogP contribution in [0.3, 0.4) is 0 Å². The molecule has 1 aromatic rings. The van der Waals surface area contributed by atoms with Crippen molar-refractivity contribution in [3.05, 3.63) is 11.7 Å². The lowest BCUT2D eigenvalue weighted by atomic mass is 9.98. The molecule has 0 spiro atoms. The van der Waals surface area contributed by atoms with E-state index in [1.807, 2.05) is 0 Å². The smallest absolute Gasteiger partial charge is 0.229 e. The maximum atomic E-state index is 5.73. The molecule has 1 aliphatic carbocycles. The first-order valence-corrected chi connectivity index (χ1v) is 6.60. The Labute approximate surface area is 101 Å². The fourth-order valence-corrected chi connectivity index (χ4v) is 2.52. The van der Waals surface area contributed by atoms with E-state index in [9.17, 15) is 0 Å². The molecule has 1 saturated carbocycles. The maximum absolute atomic E-state index is 5.73. The van der Waals surface area contributed by atoms with Crippen molar-refractivity contribution in [3.8, 4) is 0 Å². The summed E-state index contributed by atoms with van der Waals surface area (Å²) < 4.78 is 5.27. The molecule has 1 aromatic heterocycles. The van der Waals surface area contributed by atoms with Crippen LogP contribution in [0.4, 0.5) is 0 Å². The summed E-state index contributed by atoms with van der Waals surface area (Å²) in [4.78, 5) is 6.86. The molecule has 3 rings (SSSR count). The Morgan fingerprint density at radius 1 is 1.35 bits per heavy atom. The second kappa shape index (κ2) is 4.74. The van der Waals surface area contributed by atoms with Gasteiger partial charge >= 0.3 is 0 Å². The molecule has 0 aromatic carbocycles. The number of nitrogens with two attached hydrogens (primary N) is 1. The Morgan fingerprint density at radius 3 is 3.00 bits per heavy atom. The minimum absolute atomic E-state index is 0.550. The number of hydrogen-bond donors (Lipinski definition) is 1. The van der Waals surface area contributed by atoms with Crippen molar-refractivity contribution in [1.82, 2.24) is 15.0 Å². The second-order valence-electron chi connectivity index (χ2n) is 5.30. The van der Waals surface area contributed by atoms with Gasteiger partial charge in [-0.05, 0) is 44.7 Å². The minimum atomic E-state index is 0.550. The number of likely N-dealkylation sites (tertiary alicyclic amines) is 1. The van der Waals surface area contributed by atoms with Gasteiger partial charge in [0, 0.05) is 12.5 Å². The number of piperidine rings is 1. The van der Waals surface area contributed by atoms with E-state index in [0.29, 0.717) is 11.8 Å². The van der Waals surface area contributed by atoms with Crippen molar-refractivity contribution in [1.29, 1.82) is 0 Å². The average molecular weight is 236 g/mol. The van der Waals surface area contributed by atoms with E-state index in [0.717, 1.165) is 37.9 Å². The summed E-state index contributed by atoms with van der Waals surface area (Å²) in [7, 11) is 0. The van der Waals surface area contributed by atoms with Crippen molar-refractivity contribution in [2.45, 2.75) is 38.1 Å². The predicted molar refractivity (Wildman–Crippen MR) is 63.3 cm³/mol. The topological polar surface area (TPSA) is 68.2 Å². The quantitative estimate of drug-likeness (QED) is 0.848. The molecule has 2 fully saturated rings. The standard InChI is InChI=1S/C12H20N4O/c13-6-9-2-1-5-16(7-9)8-11-14-12(17-15-11)10-3-4-10/h9-10H,1-8,13H2. The van der Waals surface area contributed by atoms with Crippen LogP contribution < -0.4 is 5.73 Å². The van der Waals surface area contributed by atoms with Crippen LogP contribution in [0.25, 0.3) is 0 Å². The van der Waals surface area contributed by atoms with E-state index in [4.69, 9.17) is 10.3 Å². The minimum Gasteiger partial charge on any atom is -0.339 e. The van der Waals surface area contributed by atoms with Crippen LogP contribution in [0.15, 0.2) is 4.52 Å². The van der Waals surface area contributed by atoms with Gasteiger partial charge < -0.3 is 10.3 Å². The molecule has 1 unspecified atom stereocenters. The molecule has 0 amide bonds. The first-order valence-electron chi connectivity index (χ1n) is 6.60. The van der Waals surface area contributed by atoms with Gasteiger partial charge in [0.25, 0.3) is 0 Å². The Bertz CT molecular complexity index is 374. The monoisotopic (exact) mass is 236 g/mol. The largest absolute Gasteiger partial charge is 0.339 e. The fraction of sp³-hybridized carbons (Fsp3) is 0.833. The summed E-state index contributed by atoms with van der Waals surface area (Å²) in [5.41, 5.74) is 5.73. The molecular weight excluding hydrogens is 216 g/mol. The van der Waals surface area contributed by atoms with Crippen molar-refractivity contribution in [2.75, 3.05) is 19.6 Å². The average Bonchev–Trinajstić information content (AvgIpc) is 3.11. The molecule has 5 heteroatoms. The summed E-state index contributed by atoms with van der Waals surface area (Å²) in [6, 6.07) is 0. The van der Waals surface area contributed by atoms with E-state index >= 15 is 0 Å². The lowest BCUT2D eigenvalue weighted by Gasteiger charge is -2.30. The highest BCUT2D eigenvalue weighted by Gasteiger charge is 2.30. The highest BCUT2D eigenvalue weighted by atomic mass is 16.5. The zero-order valence-electron chi connectivity index (χ0n) is 10.1. The van der Waals surface area contributed by atoms with Crippen molar-refractivity contribution in [2.24, 2.45) is 11.7 Å². The van der Waals surface area contributed by atoms with Crippen LogP contribution >= 0.6 is 0 Å². The number of hydrogen-bond acceptors (Lipinski definition) is 5. The zero-order chi connectivity index (χ0) is 11.7. The molecule has 0 radical (unpaired) electrons. The molecule has 94 valence electrons. The summed E-state index contributed by atoms with van der Waals surface area (Å²) in [6.07, 6.45) is 4.91. The van der Waals surface area contributed by atoms with Gasteiger partial charge in [-0.2, -0.15) is 4.98 Å². The van der Waals surface area contributed by atoms with E-state index in [2.05, 4.69) is 15.0 Å². The van der Waals surface area contributed by atoms with E-state index in [-0.39, 0.29) is 0 Å². The van der Waals surface area contributed by atoms with Crippen LogP contribution in [0, 0.1) is 5.92 Å². The fourth-order valence-electron chi connectivity index (χ4n) is 2.52. The van der Waals surface area contributed by atoms with Crippen molar-refractivity contribution >= 4 is 0 Å². The maximum Gasteiger partial charge on any atom is 0.229 e. The second-order valence-corrected chi connectivity index (χ2v) is 5.30. The van der Waals surface area contributed by atoms with Gasteiger partial charge in [-0.3, -0.25) is 4.90 Å². The number of aromatic nitrogens is 2. The SMILES string of the molecule is NCC1CCCN(Cc2noc(C3CC3)n2)C1. The zero-order valence-corrected chi connectivity index (χ0v) is 10.1. The Hall–Kier alpha value is -0.940. The third kappa shape index (κ3) is 2.66. The number of nitrogens with zero attached hydrogens (tertiary/aromatic N) is 3. The molecule has 5 nitrogen and oxygen atoms in total. The lowest BCUT2D eigenvalue weighted by Crippen LogP contribution is -2.38. The third-order valence-electron chi connectivity index (χ3n) is 3.71.